The van der Waals surface area contributed by atoms with Gasteiger partial charge < -0.3 is 20.1 Å². The smallest absolute Gasteiger partial charge is 0.444 e. The Hall–Kier alpha value is -4.21. The molecule has 10 nitrogen and oxygen atoms in total. The second kappa shape index (κ2) is 9.76. The Bertz CT molecular complexity index is 1460. The summed E-state index contributed by atoms with van der Waals surface area (Å²) in [6.07, 6.45) is 0.541. The van der Waals surface area contributed by atoms with Crippen LogP contribution in [0.2, 0.25) is 0 Å². The first kappa shape index (κ1) is 27.4. The van der Waals surface area contributed by atoms with Crippen LogP contribution >= 0.6 is 0 Å². The van der Waals surface area contributed by atoms with Gasteiger partial charge in [0.2, 0.25) is 0 Å². The van der Waals surface area contributed by atoms with Crippen LogP contribution in [0, 0.1) is 16.7 Å². The lowest BCUT2D eigenvalue weighted by molar-refractivity contribution is -0.274. The molecule has 1 spiro atoms. The molecule has 0 unspecified atom stereocenters. The molecule has 2 fully saturated rings. The van der Waals surface area contributed by atoms with Crippen molar-refractivity contribution in [2.45, 2.75) is 64.6 Å². The van der Waals surface area contributed by atoms with Gasteiger partial charge in [-0.25, -0.2) is 9.48 Å². The maximum Gasteiger partial charge on any atom is 0.573 e. The molecule has 2 aliphatic rings. The maximum atomic E-state index is 12.6. The molecule has 212 valence electrons. The van der Waals surface area contributed by atoms with E-state index in [-0.39, 0.29) is 41.2 Å². The number of aromatic nitrogens is 4. The van der Waals surface area contributed by atoms with Crippen molar-refractivity contribution in [1.82, 2.24) is 24.5 Å². The molecule has 5 rings (SSSR count). The second-order valence-corrected chi connectivity index (χ2v) is 11.5. The summed E-state index contributed by atoms with van der Waals surface area (Å²) in [5.41, 5.74) is 7.52. The summed E-state index contributed by atoms with van der Waals surface area (Å²) in [5.74, 6) is -0.0468. The summed E-state index contributed by atoms with van der Waals surface area (Å²) in [7, 11) is 0. The van der Waals surface area contributed by atoms with Crippen LogP contribution in [0.1, 0.15) is 57.2 Å². The second-order valence-electron chi connectivity index (χ2n) is 11.5. The molecule has 40 heavy (non-hydrogen) atoms. The van der Waals surface area contributed by atoms with Crippen LogP contribution < -0.4 is 10.5 Å². The van der Waals surface area contributed by atoms with Crippen molar-refractivity contribution in [3.8, 4) is 23.1 Å². The first-order valence-corrected chi connectivity index (χ1v) is 12.9. The van der Waals surface area contributed by atoms with Gasteiger partial charge in [-0.3, -0.25) is 4.68 Å². The number of benzene rings is 1. The van der Waals surface area contributed by atoms with Crippen molar-refractivity contribution in [3.63, 3.8) is 0 Å². The van der Waals surface area contributed by atoms with E-state index in [0.717, 1.165) is 19.3 Å². The number of rotatable bonds is 5. The number of nitrogens with zero attached hydrogens (tertiary/aromatic N) is 6. The minimum absolute atomic E-state index is 0.00847. The Morgan fingerprint density at radius 2 is 2.02 bits per heavy atom. The molecule has 1 amide bonds. The quantitative estimate of drug-likeness (QED) is 0.462. The Balaban J connectivity index is 1.27. The highest BCUT2D eigenvalue weighted by atomic mass is 19.4. The third-order valence-corrected chi connectivity index (χ3v) is 7.22. The minimum atomic E-state index is -4.78. The molecular weight excluding hydrogens is 527 g/mol. The fourth-order valence-corrected chi connectivity index (χ4v) is 5.50. The van der Waals surface area contributed by atoms with Crippen molar-refractivity contribution in [3.05, 3.63) is 47.8 Å². The lowest BCUT2D eigenvalue weighted by Crippen LogP contribution is -2.43. The van der Waals surface area contributed by atoms with Gasteiger partial charge >= 0.3 is 12.5 Å². The van der Waals surface area contributed by atoms with Gasteiger partial charge in [0.15, 0.2) is 0 Å². The van der Waals surface area contributed by atoms with Crippen LogP contribution in [0.5, 0.6) is 5.75 Å². The fourth-order valence-electron chi connectivity index (χ4n) is 5.50. The average molecular weight is 558 g/mol. The standard InChI is InChI=1S/C27H30F3N7O3/c1-25(2,3)40-24(38)35-8-7-26(16-35)10-19(11-26)37-23(32)21(12-31)22(34-37)18-13-33-36(15-18)14-17-5-4-6-20(9-17)39-27(28,29)30/h4-6,9,13,15,19H,7-8,10-11,14,16,32H2,1-3H3. The summed E-state index contributed by atoms with van der Waals surface area (Å²) in [6.45, 7) is 6.96. The number of ether oxygens (including phenoxy) is 2. The Morgan fingerprint density at radius 1 is 1.27 bits per heavy atom. The van der Waals surface area contributed by atoms with Gasteiger partial charge in [-0.05, 0) is 63.1 Å². The van der Waals surface area contributed by atoms with Crippen LogP contribution in [-0.4, -0.2) is 55.6 Å². The van der Waals surface area contributed by atoms with Gasteiger partial charge in [0.05, 0.1) is 18.8 Å². The van der Waals surface area contributed by atoms with E-state index in [1.165, 1.54) is 18.2 Å². The van der Waals surface area contributed by atoms with Crippen molar-refractivity contribution in [1.29, 1.82) is 5.26 Å². The van der Waals surface area contributed by atoms with E-state index >= 15 is 0 Å². The van der Waals surface area contributed by atoms with Crippen LogP contribution in [0.3, 0.4) is 0 Å². The number of nitrogens with two attached hydrogens (primary N) is 1. The van der Waals surface area contributed by atoms with Crippen molar-refractivity contribution in [2.24, 2.45) is 5.41 Å². The van der Waals surface area contributed by atoms with E-state index in [1.54, 1.807) is 32.7 Å². The van der Waals surface area contributed by atoms with Crippen molar-refractivity contribution < 1.29 is 27.4 Å². The molecule has 0 bridgehead atoms. The normalized spacial score (nSPS) is 20.8. The van der Waals surface area contributed by atoms with E-state index in [2.05, 4.69) is 21.0 Å². The van der Waals surface area contributed by atoms with Gasteiger partial charge in [0.1, 0.15) is 34.5 Å². The number of hydrogen-bond donors (Lipinski definition) is 1. The Labute approximate surface area is 229 Å². The molecule has 1 aliphatic heterocycles. The van der Waals surface area contributed by atoms with Gasteiger partial charge in [-0.2, -0.15) is 15.5 Å². The fraction of sp³-hybridized carbons (Fsp3) is 0.481. The number of halogens is 3. The zero-order valence-electron chi connectivity index (χ0n) is 22.4. The largest absolute Gasteiger partial charge is 0.573 e. The van der Waals surface area contributed by atoms with Gasteiger partial charge in [-0.15, -0.1) is 13.2 Å². The highest BCUT2D eigenvalue weighted by molar-refractivity contribution is 5.72. The minimum Gasteiger partial charge on any atom is -0.444 e. The molecule has 0 radical (unpaired) electrons. The molecule has 1 aromatic carbocycles. The number of hydrogen-bond acceptors (Lipinski definition) is 7. The predicted molar refractivity (Wildman–Crippen MR) is 138 cm³/mol. The topological polar surface area (TPSA) is 124 Å². The molecule has 13 heteroatoms. The highest BCUT2D eigenvalue weighted by Gasteiger charge is 2.51. The highest BCUT2D eigenvalue weighted by Crippen LogP contribution is 2.55. The molecule has 2 aromatic heterocycles. The molecule has 1 aliphatic carbocycles. The van der Waals surface area contributed by atoms with E-state index in [0.29, 0.717) is 29.9 Å². The third-order valence-electron chi connectivity index (χ3n) is 7.22. The van der Waals surface area contributed by atoms with Gasteiger partial charge in [-0.1, -0.05) is 12.1 Å². The molecule has 1 saturated carbocycles. The van der Waals surface area contributed by atoms with Crippen LogP contribution in [0.15, 0.2) is 36.7 Å². The number of anilines is 1. The summed E-state index contributed by atoms with van der Waals surface area (Å²) >= 11 is 0. The number of likely N-dealkylation sites (tertiary alicyclic amines) is 1. The zero-order chi connectivity index (χ0) is 28.9. The molecule has 1 saturated heterocycles. The number of carbonyl (C=O) groups is 1. The van der Waals surface area contributed by atoms with E-state index in [9.17, 15) is 23.2 Å². The van der Waals surface area contributed by atoms with Crippen LogP contribution in [0.4, 0.5) is 23.8 Å². The number of amides is 1. The average Bonchev–Trinajstić information content (AvgIpc) is 3.53. The van der Waals surface area contributed by atoms with Gasteiger partial charge in [0.25, 0.3) is 0 Å². The van der Waals surface area contributed by atoms with Crippen LogP contribution in [0.25, 0.3) is 11.3 Å². The third kappa shape index (κ3) is 5.71. The van der Waals surface area contributed by atoms with E-state index in [4.69, 9.17) is 10.5 Å². The molecule has 2 N–H and O–H groups in total. The number of carbonyl (C=O) groups excluding carboxylic acids is 1. The van der Waals surface area contributed by atoms with Crippen molar-refractivity contribution in [2.75, 3.05) is 18.8 Å². The number of alkyl halides is 3. The SMILES string of the molecule is CC(C)(C)OC(=O)N1CCC2(CC(n3nc(-c4cnn(Cc5cccc(OC(F)(F)F)c5)c4)c(C#N)c3N)C2)C1. The predicted octanol–water partition coefficient (Wildman–Crippen LogP) is 5.11. The zero-order valence-corrected chi connectivity index (χ0v) is 22.4. The molecular formula is C27H30F3N7O3. The summed E-state index contributed by atoms with van der Waals surface area (Å²) in [5, 5.41) is 18.8. The first-order valence-electron chi connectivity index (χ1n) is 12.9. The summed E-state index contributed by atoms with van der Waals surface area (Å²) in [6, 6.07) is 7.79. The first-order chi connectivity index (χ1) is 18.7. The summed E-state index contributed by atoms with van der Waals surface area (Å²) < 4.78 is 50.4. The Kier molecular flexibility index (Phi) is 6.68. The van der Waals surface area contributed by atoms with Gasteiger partial charge in [0, 0.05) is 24.8 Å². The number of nitriles is 1. The summed E-state index contributed by atoms with van der Waals surface area (Å²) in [4.78, 5) is 14.2. The van der Waals surface area contributed by atoms with Crippen molar-refractivity contribution >= 4 is 11.9 Å². The van der Waals surface area contributed by atoms with Crippen LogP contribution in [-0.2, 0) is 11.3 Å². The monoisotopic (exact) mass is 557 g/mol. The van der Waals surface area contributed by atoms with E-state index < -0.39 is 12.0 Å². The molecule has 3 heterocycles. The lowest BCUT2D eigenvalue weighted by Gasteiger charge is -2.45. The van der Waals surface area contributed by atoms with E-state index in [1.807, 2.05) is 20.8 Å². The maximum absolute atomic E-state index is 12.6. The lowest BCUT2D eigenvalue weighted by atomic mass is 9.65. The molecule has 3 aromatic rings. The molecule has 0 atom stereocenters. The number of nitrogen functional groups attached to an aromatic ring is 1. The Morgan fingerprint density at radius 3 is 2.70 bits per heavy atom.